The van der Waals surface area contributed by atoms with Crippen LogP contribution in [-0.4, -0.2) is 4.98 Å². The van der Waals surface area contributed by atoms with Gasteiger partial charge in [0.25, 0.3) is 0 Å². The summed E-state index contributed by atoms with van der Waals surface area (Å²) < 4.78 is 0. The third-order valence-corrected chi connectivity index (χ3v) is 1.70. The zero-order chi connectivity index (χ0) is 8.97. The molecular weight excluding hydrogens is 146 g/mol. The van der Waals surface area contributed by atoms with Gasteiger partial charge in [0.2, 0.25) is 0 Å². The highest BCUT2D eigenvalue weighted by Crippen LogP contribution is 2.13. The molecule has 0 saturated carbocycles. The molecule has 0 amide bonds. The number of rotatable bonds is 2. The second-order valence-electron chi connectivity index (χ2n) is 3.34. The van der Waals surface area contributed by atoms with Gasteiger partial charge in [0.05, 0.1) is 0 Å². The second kappa shape index (κ2) is 4.05. The van der Waals surface area contributed by atoms with Gasteiger partial charge in [0.1, 0.15) is 0 Å². The van der Waals surface area contributed by atoms with E-state index in [2.05, 4.69) is 37.9 Å². The standard InChI is InChI=1S/C11H15N/c1-9(2)7-10(3)11-5-4-6-12-8-11/h4-9H,1-3H3/b10-7-. The van der Waals surface area contributed by atoms with E-state index in [-0.39, 0.29) is 0 Å². The number of pyridine rings is 1. The summed E-state index contributed by atoms with van der Waals surface area (Å²) in [4.78, 5) is 4.07. The maximum atomic E-state index is 4.07. The van der Waals surface area contributed by atoms with Gasteiger partial charge >= 0.3 is 0 Å². The number of aromatic nitrogens is 1. The van der Waals surface area contributed by atoms with E-state index < -0.39 is 0 Å². The minimum atomic E-state index is 0.602. The molecule has 0 aliphatic carbocycles. The van der Waals surface area contributed by atoms with Crippen LogP contribution in [0.4, 0.5) is 0 Å². The molecule has 0 atom stereocenters. The minimum absolute atomic E-state index is 0.602. The van der Waals surface area contributed by atoms with Crippen LogP contribution in [0.1, 0.15) is 26.3 Å². The number of hydrogen-bond acceptors (Lipinski definition) is 1. The Kier molecular flexibility index (Phi) is 3.03. The summed E-state index contributed by atoms with van der Waals surface area (Å²) in [5.41, 5.74) is 2.52. The van der Waals surface area contributed by atoms with Gasteiger partial charge in [-0.15, -0.1) is 0 Å². The molecule has 0 saturated heterocycles. The molecule has 0 aliphatic heterocycles. The molecule has 0 spiro atoms. The van der Waals surface area contributed by atoms with Crippen molar-refractivity contribution in [2.45, 2.75) is 20.8 Å². The normalized spacial score (nSPS) is 12.2. The Morgan fingerprint density at radius 3 is 2.75 bits per heavy atom. The van der Waals surface area contributed by atoms with Crippen LogP contribution < -0.4 is 0 Å². The third-order valence-electron chi connectivity index (χ3n) is 1.70. The lowest BCUT2D eigenvalue weighted by molar-refractivity contribution is 0.833. The Hall–Kier alpha value is -1.11. The number of nitrogens with zero attached hydrogens (tertiary/aromatic N) is 1. The Labute approximate surface area is 74.2 Å². The molecule has 0 bridgehead atoms. The zero-order valence-corrected chi connectivity index (χ0v) is 7.91. The molecule has 0 fully saturated rings. The van der Waals surface area contributed by atoms with Gasteiger partial charge in [-0.3, -0.25) is 4.98 Å². The maximum Gasteiger partial charge on any atom is 0.0342 e. The van der Waals surface area contributed by atoms with E-state index in [1.807, 2.05) is 12.3 Å². The van der Waals surface area contributed by atoms with Crippen molar-refractivity contribution in [1.29, 1.82) is 0 Å². The van der Waals surface area contributed by atoms with Crippen molar-refractivity contribution >= 4 is 5.57 Å². The Morgan fingerprint density at radius 2 is 2.25 bits per heavy atom. The molecule has 0 aromatic carbocycles. The van der Waals surface area contributed by atoms with E-state index in [9.17, 15) is 0 Å². The third kappa shape index (κ3) is 2.50. The molecule has 1 nitrogen and oxygen atoms in total. The highest BCUT2D eigenvalue weighted by atomic mass is 14.6. The number of allylic oxidation sites excluding steroid dienone is 2. The first kappa shape index (κ1) is 8.98. The summed E-state index contributed by atoms with van der Waals surface area (Å²) in [6, 6.07) is 4.05. The molecule has 0 aliphatic rings. The second-order valence-corrected chi connectivity index (χ2v) is 3.34. The predicted molar refractivity (Wildman–Crippen MR) is 52.7 cm³/mol. The van der Waals surface area contributed by atoms with Gasteiger partial charge in [-0.05, 0) is 30.0 Å². The van der Waals surface area contributed by atoms with E-state index in [1.54, 1.807) is 6.20 Å². The predicted octanol–water partition coefficient (Wildman–Crippen LogP) is 3.14. The van der Waals surface area contributed by atoms with Crippen LogP contribution in [-0.2, 0) is 0 Å². The Morgan fingerprint density at radius 1 is 1.50 bits per heavy atom. The first-order valence-electron chi connectivity index (χ1n) is 4.29. The molecule has 1 heteroatoms. The van der Waals surface area contributed by atoms with Crippen LogP contribution in [0.15, 0.2) is 30.6 Å². The van der Waals surface area contributed by atoms with Crippen molar-refractivity contribution in [3.63, 3.8) is 0 Å². The van der Waals surface area contributed by atoms with Crippen LogP contribution in [0.3, 0.4) is 0 Å². The smallest absolute Gasteiger partial charge is 0.0342 e. The summed E-state index contributed by atoms with van der Waals surface area (Å²) in [7, 11) is 0. The van der Waals surface area contributed by atoms with E-state index in [0.717, 1.165) is 0 Å². The Balaban J connectivity index is 2.85. The summed E-state index contributed by atoms with van der Waals surface area (Å²) in [5, 5.41) is 0. The fourth-order valence-corrected chi connectivity index (χ4v) is 1.19. The quantitative estimate of drug-likeness (QED) is 0.649. The summed E-state index contributed by atoms with van der Waals surface area (Å²) in [6.45, 7) is 6.48. The molecule has 1 rings (SSSR count). The van der Waals surface area contributed by atoms with E-state index in [0.29, 0.717) is 5.92 Å². The SMILES string of the molecule is C/C(=C/C(C)C)c1cccnc1. The average Bonchev–Trinajstić information content (AvgIpc) is 2.05. The zero-order valence-electron chi connectivity index (χ0n) is 7.91. The van der Waals surface area contributed by atoms with Gasteiger partial charge < -0.3 is 0 Å². The van der Waals surface area contributed by atoms with Gasteiger partial charge in [0.15, 0.2) is 0 Å². The Bertz CT molecular complexity index is 260. The topological polar surface area (TPSA) is 12.9 Å². The monoisotopic (exact) mass is 161 g/mol. The van der Waals surface area contributed by atoms with Crippen molar-refractivity contribution in [3.8, 4) is 0 Å². The van der Waals surface area contributed by atoms with Crippen LogP contribution >= 0.6 is 0 Å². The lowest BCUT2D eigenvalue weighted by Gasteiger charge is -2.02. The van der Waals surface area contributed by atoms with Crippen molar-refractivity contribution < 1.29 is 0 Å². The molecule has 1 aromatic rings. The van der Waals surface area contributed by atoms with Gasteiger partial charge in [-0.1, -0.05) is 26.0 Å². The fraction of sp³-hybridized carbons (Fsp3) is 0.364. The molecule has 0 radical (unpaired) electrons. The van der Waals surface area contributed by atoms with Crippen molar-refractivity contribution in [1.82, 2.24) is 4.98 Å². The molecule has 64 valence electrons. The molecule has 0 N–H and O–H groups in total. The lowest BCUT2D eigenvalue weighted by atomic mass is 10.1. The summed E-state index contributed by atoms with van der Waals surface area (Å²) in [5.74, 6) is 0.602. The first-order chi connectivity index (χ1) is 5.70. The highest BCUT2D eigenvalue weighted by Gasteiger charge is 1.94. The van der Waals surface area contributed by atoms with Crippen molar-refractivity contribution in [2.75, 3.05) is 0 Å². The lowest BCUT2D eigenvalue weighted by Crippen LogP contribution is -1.84. The van der Waals surface area contributed by atoms with Crippen LogP contribution in [0, 0.1) is 5.92 Å². The molecule has 12 heavy (non-hydrogen) atoms. The van der Waals surface area contributed by atoms with E-state index in [4.69, 9.17) is 0 Å². The van der Waals surface area contributed by atoms with E-state index in [1.165, 1.54) is 11.1 Å². The summed E-state index contributed by atoms with van der Waals surface area (Å²) in [6.07, 6.45) is 5.94. The molecule has 0 unspecified atom stereocenters. The van der Waals surface area contributed by atoms with Gasteiger partial charge in [-0.25, -0.2) is 0 Å². The summed E-state index contributed by atoms with van der Waals surface area (Å²) >= 11 is 0. The molecular formula is C11H15N. The van der Waals surface area contributed by atoms with Crippen LogP contribution in [0.5, 0.6) is 0 Å². The molecule has 1 aromatic heterocycles. The average molecular weight is 161 g/mol. The fourth-order valence-electron chi connectivity index (χ4n) is 1.19. The van der Waals surface area contributed by atoms with E-state index >= 15 is 0 Å². The van der Waals surface area contributed by atoms with Crippen molar-refractivity contribution in [2.24, 2.45) is 5.92 Å². The molecule has 1 heterocycles. The van der Waals surface area contributed by atoms with Crippen LogP contribution in [0.25, 0.3) is 5.57 Å². The first-order valence-corrected chi connectivity index (χ1v) is 4.29. The largest absolute Gasteiger partial charge is 0.264 e. The minimum Gasteiger partial charge on any atom is -0.264 e. The van der Waals surface area contributed by atoms with Gasteiger partial charge in [-0.2, -0.15) is 0 Å². The van der Waals surface area contributed by atoms with Crippen molar-refractivity contribution in [3.05, 3.63) is 36.2 Å². The highest BCUT2D eigenvalue weighted by molar-refractivity contribution is 5.62. The van der Waals surface area contributed by atoms with Gasteiger partial charge in [0, 0.05) is 12.4 Å². The van der Waals surface area contributed by atoms with Crippen LogP contribution in [0.2, 0.25) is 0 Å². The maximum absolute atomic E-state index is 4.07. The number of hydrogen-bond donors (Lipinski definition) is 0.